The topological polar surface area (TPSA) is 46.2 Å². The van der Waals surface area contributed by atoms with Gasteiger partial charge in [-0.1, -0.05) is 5.57 Å². The summed E-state index contributed by atoms with van der Waals surface area (Å²) in [4.78, 5) is 0. The van der Waals surface area contributed by atoms with Crippen molar-refractivity contribution >= 4 is 12.4 Å². The van der Waals surface area contributed by atoms with Crippen molar-refractivity contribution in [2.24, 2.45) is 5.73 Å². The predicted octanol–water partition coefficient (Wildman–Crippen LogP) is 3.80. The smallest absolute Gasteiger partial charge is 0.416 e. The van der Waals surface area contributed by atoms with Crippen LogP contribution < -0.4 is 5.73 Å². The molecule has 0 radical (unpaired) electrons. The van der Waals surface area contributed by atoms with E-state index in [2.05, 4.69) is 6.58 Å². The molecule has 18 heavy (non-hydrogen) atoms. The molecule has 0 heterocycles. The summed E-state index contributed by atoms with van der Waals surface area (Å²) in [6.45, 7) is 5.36. The summed E-state index contributed by atoms with van der Waals surface area (Å²) in [6, 6.07) is 2.03. The van der Waals surface area contributed by atoms with Crippen LogP contribution in [0.3, 0.4) is 0 Å². The number of aromatic hydroxyl groups is 1. The van der Waals surface area contributed by atoms with E-state index in [1.54, 1.807) is 6.92 Å². The van der Waals surface area contributed by atoms with Crippen LogP contribution >= 0.6 is 12.4 Å². The van der Waals surface area contributed by atoms with Gasteiger partial charge in [-0.15, -0.1) is 19.0 Å². The van der Waals surface area contributed by atoms with Gasteiger partial charge in [-0.3, -0.25) is 0 Å². The Bertz CT molecular complexity index is 432. The van der Waals surface area contributed by atoms with E-state index in [9.17, 15) is 18.3 Å². The maximum Gasteiger partial charge on any atom is 0.416 e. The first-order valence-corrected chi connectivity index (χ1v) is 5.02. The van der Waals surface area contributed by atoms with Crippen LogP contribution in [0.1, 0.15) is 30.5 Å². The van der Waals surface area contributed by atoms with Crippen LogP contribution in [0.25, 0.3) is 0 Å². The second kappa shape index (κ2) is 6.11. The Morgan fingerprint density at radius 3 is 2.44 bits per heavy atom. The van der Waals surface area contributed by atoms with Gasteiger partial charge in [0, 0.05) is 11.6 Å². The van der Waals surface area contributed by atoms with Crippen molar-refractivity contribution in [1.29, 1.82) is 0 Å². The minimum Gasteiger partial charge on any atom is -0.508 e. The molecular weight excluding hydrogens is 267 g/mol. The van der Waals surface area contributed by atoms with Crippen LogP contribution in [0.15, 0.2) is 30.4 Å². The maximum atomic E-state index is 12.5. The zero-order valence-electron chi connectivity index (χ0n) is 9.79. The van der Waals surface area contributed by atoms with Gasteiger partial charge in [-0.2, -0.15) is 13.2 Å². The van der Waals surface area contributed by atoms with Crippen molar-refractivity contribution in [2.75, 3.05) is 0 Å². The largest absolute Gasteiger partial charge is 0.508 e. The van der Waals surface area contributed by atoms with Gasteiger partial charge >= 0.3 is 6.18 Å². The highest BCUT2D eigenvalue weighted by atomic mass is 35.5. The van der Waals surface area contributed by atoms with E-state index in [1.165, 1.54) is 0 Å². The Labute approximate surface area is 110 Å². The van der Waals surface area contributed by atoms with Gasteiger partial charge in [-0.25, -0.2) is 0 Å². The van der Waals surface area contributed by atoms with Crippen molar-refractivity contribution in [1.82, 2.24) is 0 Å². The molecule has 1 atom stereocenters. The molecule has 1 aromatic carbocycles. The lowest BCUT2D eigenvalue weighted by molar-refractivity contribution is -0.137. The average Bonchev–Trinajstić information content (AvgIpc) is 2.15. The molecule has 0 spiro atoms. The van der Waals surface area contributed by atoms with E-state index < -0.39 is 17.8 Å². The fourth-order valence-corrected chi connectivity index (χ4v) is 1.51. The summed E-state index contributed by atoms with van der Waals surface area (Å²) in [5, 5.41) is 9.51. The molecule has 102 valence electrons. The Kier molecular flexibility index (Phi) is 5.70. The van der Waals surface area contributed by atoms with Crippen molar-refractivity contribution in [3.8, 4) is 5.75 Å². The van der Waals surface area contributed by atoms with E-state index in [1.807, 2.05) is 0 Å². The van der Waals surface area contributed by atoms with Crippen molar-refractivity contribution in [2.45, 2.75) is 25.6 Å². The highest BCUT2D eigenvalue weighted by Crippen LogP contribution is 2.34. The summed E-state index contributed by atoms with van der Waals surface area (Å²) in [6.07, 6.45) is -4.11. The fraction of sp³-hybridized carbons (Fsp3) is 0.333. The van der Waals surface area contributed by atoms with Gasteiger partial charge in [0.1, 0.15) is 5.75 Å². The molecule has 0 unspecified atom stereocenters. The van der Waals surface area contributed by atoms with Crippen LogP contribution in [-0.4, -0.2) is 5.11 Å². The molecule has 0 aromatic heterocycles. The molecule has 0 saturated carbocycles. The van der Waals surface area contributed by atoms with Crippen molar-refractivity contribution < 1.29 is 18.3 Å². The molecule has 0 aliphatic heterocycles. The zero-order valence-corrected chi connectivity index (χ0v) is 10.6. The number of alkyl halides is 3. The summed E-state index contributed by atoms with van der Waals surface area (Å²) < 4.78 is 37.5. The molecule has 0 fully saturated rings. The average molecular weight is 282 g/mol. The molecule has 0 aliphatic rings. The van der Waals surface area contributed by atoms with E-state index in [-0.39, 0.29) is 23.7 Å². The van der Waals surface area contributed by atoms with Crippen LogP contribution in [-0.2, 0) is 6.18 Å². The fourth-order valence-electron chi connectivity index (χ4n) is 1.51. The lowest BCUT2D eigenvalue weighted by Gasteiger charge is -2.16. The maximum absolute atomic E-state index is 12.5. The number of halogens is 4. The number of benzene rings is 1. The Morgan fingerprint density at radius 2 is 2.00 bits per heavy atom. The Hall–Kier alpha value is -1.20. The molecule has 0 amide bonds. The van der Waals surface area contributed by atoms with Crippen LogP contribution in [0.4, 0.5) is 13.2 Å². The molecule has 0 saturated heterocycles. The van der Waals surface area contributed by atoms with Gasteiger partial charge in [0.25, 0.3) is 0 Å². The first kappa shape index (κ1) is 16.8. The quantitative estimate of drug-likeness (QED) is 0.828. The van der Waals surface area contributed by atoms with Gasteiger partial charge in [0.05, 0.1) is 5.56 Å². The zero-order chi connectivity index (χ0) is 13.2. The summed E-state index contributed by atoms with van der Waals surface area (Å²) in [5.41, 5.74) is 5.73. The van der Waals surface area contributed by atoms with E-state index >= 15 is 0 Å². The van der Waals surface area contributed by atoms with E-state index in [0.717, 1.165) is 23.8 Å². The standard InChI is InChI=1S/C12H14F3NO.ClH/c1-7(2)5-10(16)9-6-8(12(13,14)15)3-4-11(9)17;/h3-4,6,10,17H,1,5,16H2,2H3;1H/t10-;/m1./s1. The van der Waals surface area contributed by atoms with Crippen LogP contribution in [0.2, 0.25) is 0 Å². The molecule has 0 aliphatic carbocycles. The van der Waals surface area contributed by atoms with Gasteiger partial charge in [0.15, 0.2) is 0 Å². The lowest BCUT2D eigenvalue weighted by Crippen LogP contribution is -2.13. The van der Waals surface area contributed by atoms with Gasteiger partial charge in [0.2, 0.25) is 0 Å². The normalized spacial score (nSPS) is 12.7. The summed E-state index contributed by atoms with van der Waals surface area (Å²) in [5.74, 6) is -0.230. The SMILES string of the molecule is C=C(C)C[C@@H](N)c1cc(C(F)(F)F)ccc1O.Cl. The van der Waals surface area contributed by atoms with Crippen LogP contribution in [0, 0.1) is 0 Å². The predicted molar refractivity (Wildman–Crippen MR) is 66.7 cm³/mol. The monoisotopic (exact) mass is 281 g/mol. The molecule has 3 N–H and O–H groups in total. The molecule has 0 bridgehead atoms. The molecular formula is C12H15ClF3NO. The Morgan fingerprint density at radius 1 is 1.44 bits per heavy atom. The molecule has 6 heteroatoms. The number of phenols is 1. The van der Waals surface area contributed by atoms with Crippen molar-refractivity contribution in [3.63, 3.8) is 0 Å². The highest BCUT2D eigenvalue weighted by Gasteiger charge is 2.31. The number of hydrogen-bond acceptors (Lipinski definition) is 2. The van der Waals surface area contributed by atoms with E-state index in [0.29, 0.717) is 6.42 Å². The minimum atomic E-state index is -4.44. The summed E-state index contributed by atoms with van der Waals surface area (Å²) >= 11 is 0. The second-order valence-electron chi connectivity index (χ2n) is 4.04. The third kappa shape index (κ3) is 4.23. The minimum absolute atomic E-state index is 0. The number of nitrogens with two attached hydrogens (primary N) is 1. The molecule has 1 rings (SSSR count). The number of hydrogen-bond donors (Lipinski definition) is 2. The lowest BCUT2D eigenvalue weighted by atomic mass is 9.98. The van der Waals surface area contributed by atoms with E-state index in [4.69, 9.17) is 5.73 Å². The number of rotatable bonds is 3. The van der Waals surface area contributed by atoms with Gasteiger partial charge in [-0.05, 0) is 31.5 Å². The van der Waals surface area contributed by atoms with Crippen molar-refractivity contribution in [3.05, 3.63) is 41.5 Å². The highest BCUT2D eigenvalue weighted by molar-refractivity contribution is 5.85. The van der Waals surface area contributed by atoms with Gasteiger partial charge < -0.3 is 10.8 Å². The van der Waals surface area contributed by atoms with Crippen LogP contribution in [0.5, 0.6) is 5.75 Å². The first-order chi connectivity index (χ1) is 7.71. The second-order valence-corrected chi connectivity index (χ2v) is 4.04. The molecule has 2 nitrogen and oxygen atoms in total. The summed E-state index contributed by atoms with van der Waals surface area (Å²) in [7, 11) is 0. The third-order valence-corrected chi connectivity index (χ3v) is 2.32. The number of phenolic OH excluding ortho intramolecular Hbond substituents is 1. The first-order valence-electron chi connectivity index (χ1n) is 5.02. The Balaban J connectivity index is 0.00000289. The molecule has 1 aromatic rings. The third-order valence-electron chi connectivity index (χ3n) is 2.32.